The SMILES string of the molecule is CCO[C@H](CCNC(=O)OC(C)(C)C)C(=O)O. The normalized spacial score (nSPS) is 12.9. The lowest BCUT2D eigenvalue weighted by atomic mass is 10.2. The first-order valence-corrected chi connectivity index (χ1v) is 5.57. The number of carbonyl (C=O) groups is 2. The molecule has 0 fully saturated rings. The first-order chi connectivity index (χ1) is 7.76. The van der Waals surface area contributed by atoms with E-state index in [-0.39, 0.29) is 13.0 Å². The second-order valence-corrected chi connectivity index (χ2v) is 4.50. The summed E-state index contributed by atoms with van der Waals surface area (Å²) in [5, 5.41) is 11.3. The summed E-state index contributed by atoms with van der Waals surface area (Å²) in [4.78, 5) is 22.0. The van der Waals surface area contributed by atoms with Crippen molar-refractivity contribution in [3.8, 4) is 0 Å². The van der Waals surface area contributed by atoms with Gasteiger partial charge in [0, 0.05) is 19.6 Å². The topological polar surface area (TPSA) is 84.9 Å². The molecule has 6 nitrogen and oxygen atoms in total. The largest absolute Gasteiger partial charge is 0.479 e. The Morgan fingerprint density at radius 2 is 1.94 bits per heavy atom. The van der Waals surface area contributed by atoms with Crippen LogP contribution in [0, 0.1) is 0 Å². The van der Waals surface area contributed by atoms with Crippen molar-refractivity contribution in [3.05, 3.63) is 0 Å². The van der Waals surface area contributed by atoms with Crippen molar-refractivity contribution in [2.75, 3.05) is 13.2 Å². The first-order valence-electron chi connectivity index (χ1n) is 5.57. The molecule has 2 N–H and O–H groups in total. The average Bonchev–Trinajstić information content (AvgIpc) is 2.13. The molecule has 0 aliphatic heterocycles. The highest BCUT2D eigenvalue weighted by Gasteiger charge is 2.19. The van der Waals surface area contributed by atoms with E-state index in [1.54, 1.807) is 27.7 Å². The van der Waals surface area contributed by atoms with Crippen LogP contribution in [0.2, 0.25) is 0 Å². The van der Waals surface area contributed by atoms with Crippen molar-refractivity contribution in [1.82, 2.24) is 5.32 Å². The summed E-state index contributed by atoms with van der Waals surface area (Å²) in [7, 11) is 0. The van der Waals surface area contributed by atoms with Gasteiger partial charge in [-0.25, -0.2) is 9.59 Å². The van der Waals surface area contributed by atoms with Crippen molar-refractivity contribution < 1.29 is 24.2 Å². The second-order valence-electron chi connectivity index (χ2n) is 4.50. The zero-order valence-electron chi connectivity index (χ0n) is 10.8. The van der Waals surface area contributed by atoms with Gasteiger partial charge in [0.2, 0.25) is 0 Å². The zero-order chi connectivity index (χ0) is 13.5. The Morgan fingerprint density at radius 3 is 2.35 bits per heavy atom. The number of carboxylic acid groups (broad SMARTS) is 1. The van der Waals surface area contributed by atoms with Crippen LogP contribution in [0.1, 0.15) is 34.1 Å². The van der Waals surface area contributed by atoms with Crippen molar-refractivity contribution in [2.24, 2.45) is 0 Å². The lowest BCUT2D eigenvalue weighted by molar-refractivity contribution is -0.150. The number of hydrogen-bond donors (Lipinski definition) is 2. The molecule has 0 heterocycles. The molecule has 100 valence electrons. The van der Waals surface area contributed by atoms with E-state index < -0.39 is 23.8 Å². The van der Waals surface area contributed by atoms with Crippen LogP contribution in [0.15, 0.2) is 0 Å². The molecule has 0 bridgehead atoms. The summed E-state index contributed by atoms with van der Waals surface area (Å²) in [5.74, 6) is -1.03. The Hall–Kier alpha value is -1.30. The van der Waals surface area contributed by atoms with Crippen LogP contribution >= 0.6 is 0 Å². The second kappa shape index (κ2) is 7.11. The highest BCUT2D eigenvalue weighted by molar-refractivity contribution is 5.72. The average molecular weight is 247 g/mol. The first kappa shape index (κ1) is 15.7. The fourth-order valence-electron chi connectivity index (χ4n) is 1.10. The van der Waals surface area contributed by atoms with E-state index in [2.05, 4.69) is 5.32 Å². The standard InChI is InChI=1S/C11H21NO5/c1-5-16-8(9(13)14)6-7-12-10(15)17-11(2,3)4/h8H,5-7H2,1-4H3,(H,12,15)(H,13,14)/t8-/m1/s1. The van der Waals surface area contributed by atoms with Gasteiger partial charge in [-0.05, 0) is 27.7 Å². The number of alkyl carbamates (subject to hydrolysis) is 1. The Kier molecular flexibility index (Phi) is 6.57. The fraction of sp³-hybridized carbons (Fsp3) is 0.818. The van der Waals surface area contributed by atoms with Gasteiger partial charge >= 0.3 is 12.1 Å². The van der Waals surface area contributed by atoms with Gasteiger partial charge in [-0.2, -0.15) is 0 Å². The van der Waals surface area contributed by atoms with Gasteiger partial charge in [-0.15, -0.1) is 0 Å². The van der Waals surface area contributed by atoms with Gasteiger partial charge in [0.25, 0.3) is 0 Å². The van der Waals surface area contributed by atoms with Crippen molar-refractivity contribution >= 4 is 12.1 Å². The summed E-state index contributed by atoms with van der Waals surface area (Å²) in [6, 6.07) is 0. The van der Waals surface area contributed by atoms with Gasteiger partial charge in [0.15, 0.2) is 6.10 Å². The fourth-order valence-corrected chi connectivity index (χ4v) is 1.10. The van der Waals surface area contributed by atoms with Gasteiger partial charge in [-0.3, -0.25) is 0 Å². The van der Waals surface area contributed by atoms with Crippen LogP contribution in [0.4, 0.5) is 4.79 Å². The molecule has 0 aromatic rings. The molecule has 0 aromatic heterocycles. The molecule has 17 heavy (non-hydrogen) atoms. The zero-order valence-corrected chi connectivity index (χ0v) is 10.8. The van der Waals surface area contributed by atoms with E-state index >= 15 is 0 Å². The minimum absolute atomic E-state index is 0.200. The molecule has 0 aromatic carbocycles. The number of hydrogen-bond acceptors (Lipinski definition) is 4. The molecule has 0 saturated carbocycles. The van der Waals surface area contributed by atoms with Crippen LogP contribution in [0.25, 0.3) is 0 Å². The number of carboxylic acids is 1. The summed E-state index contributed by atoms with van der Waals surface area (Å²) >= 11 is 0. The quantitative estimate of drug-likeness (QED) is 0.741. The van der Waals surface area contributed by atoms with E-state index in [4.69, 9.17) is 14.6 Å². The van der Waals surface area contributed by atoms with Gasteiger partial charge in [0.05, 0.1) is 0 Å². The molecule has 0 unspecified atom stereocenters. The monoisotopic (exact) mass is 247 g/mol. The summed E-state index contributed by atoms with van der Waals surface area (Å²) in [5.41, 5.74) is -0.559. The molecular weight excluding hydrogens is 226 g/mol. The van der Waals surface area contributed by atoms with Crippen LogP contribution < -0.4 is 5.32 Å². The van der Waals surface area contributed by atoms with Crippen LogP contribution in [0.5, 0.6) is 0 Å². The highest BCUT2D eigenvalue weighted by Crippen LogP contribution is 2.06. The maximum absolute atomic E-state index is 11.2. The van der Waals surface area contributed by atoms with E-state index in [0.717, 1.165) is 0 Å². The molecule has 0 aliphatic carbocycles. The summed E-state index contributed by atoms with van der Waals surface area (Å²) in [6.45, 7) is 7.51. The molecular formula is C11H21NO5. The van der Waals surface area contributed by atoms with Crippen molar-refractivity contribution in [1.29, 1.82) is 0 Å². The predicted molar refractivity (Wildman–Crippen MR) is 61.9 cm³/mol. The Labute approximate surface area is 101 Å². The van der Waals surface area contributed by atoms with Crippen LogP contribution in [-0.2, 0) is 14.3 Å². The van der Waals surface area contributed by atoms with Crippen molar-refractivity contribution in [2.45, 2.75) is 45.8 Å². The van der Waals surface area contributed by atoms with Gasteiger partial charge in [-0.1, -0.05) is 0 Å². The Morgan fingerprint density at radius 1 is 1.35 bits per heavy atom. The van der Waals surface area contributed by atoms with E-state index in [0.29, 0.717) is 6.61 Å². The molecule has 0 rings (SSSR count). The number of ether oxygens (including phenoxy) is 2. The minimum Gasteiger partial charge on any atom is -0.479 e. The Bertz CT molecular complexity index is 259. The maximum Gasteiger partial charge on any atom is 0.407 e. The number of carbonyl (C=O) groups excluding carboxylic acids is 1. The van der Waals surface area contributed by atoms with E-state index in [9.17, 15) is 9.59 Å². The molecule has 0 saturated heterocycles. The lowest BCUT2D eigenvalue weighted by Gasteiger charge is -2.20. The smallest absolute Gasteiger partial charge is 0.407 e. The van der Waals surface area contributed by atoms with Gasteiger partial charge < -0.3 is 19.9 Å². The molecule has 0 radical (unpaired) electrons. The predicted octanol–water partition coefficient (Wildman–Crippen LogP) is 1.39. The van der Waals surface area contributed by atoms with Crippen molar-refractivity contribution in [3.63, 3.8) is 0 Å². The van der Waals surface area contributed by atoms with Gasteiger partial charge in [0.1, 0.15) is 5.60 Å². The van der Waals surface area contributed by atoms with E-state index in [1.165, 1.54) is 0 Å². The van der Waals surface area contributed by atoms with Crippen LogP contribution in [-0.4, -0.2) is 42.0 Å². The third-order valence-electron chi connectivity index (χ3n) is 1.72. The number of rotatable bonds is 6. The molecule has 1 amide bonds. The molecule has 1 atom stereocenters. The molecule has 0 spiro atoms. The number of aliphatic carboxylic acids is 1. The number of amides is 1. The highest BCUT2D eigenvalue weighted by atomic mass is 16.6. The summed E-state index contributed by atoms with van der Waals surface area (Å²) < 4.78 is 10.00. The summed E-state index contributed by atoms with van der Waals surface area (Å²) in [6.07, 6.45) is -1.24. The molecule has 6 heteroatoms. The molecule has 0 aliphatic rings. The third-order valence-corrected chi connectivity index (χ3v) is 1.72. The minimum atomic E-state index is -1.03. The Balaban J connectivity index is 3.88. The third kappa shape index (κ3) is 8.50. The van der Waals surface area contributed by atoms with Crippen LogP contribution in [0.3, 0.4) is 0 Å². The maximum atomic E-state index is 11.2. The lowest BCUT2D eigenvalue weighted by Crippen LogP contribution is -2.35. The number of nitrogens with one attached hydrogen (secondary N) is 1. The van der Waals surface area contributed by atoms with E-state index in [1.807, 2.05) is 0 Å².